The summed E-state index contributed by atoms with van der Waals surface area (Å²) in [5.41, 5.74) is 1.63. The van der Waals surface area contributed by atoms with Crippen molar-refractivity contribution in [2.24, 2.45) is 0 Å². The van der Waals surface area contributed by atoms with Crippen LogP contribution in [-0.2, 0) is 4.79 Å². The summed E-state index contributed by atoms with van der Waals surface area (Å²) in [5.74, 6) is -0.833. The predicted octanol–water partition coefficient (Wildman–Crippen LogP) is 5.61. The molecule has 22 heavy (non-hydrogen) atoms. The maximum absolute atomic E-state index is 9.00. The molecule has 0 aromatic heterocycles. The lowest BCUT2D eigenvalue weighted by Crippen LogP contribution is -2.27. The molecule has 1 aliphatic heterocycles. The average Bonchev–Trinajstić information content (AvgIpc) is 2.50. The fourth-order valence-corrected chi connectivity index (χ4v) is 2.87. The maximum Gasteiger partial charge on any atom is 0.300 e. The van der Waals surface area contributed by atoms with Crippen molar-refractivity contribution in [3.05, 3.63) is 11.8 Å². The number of nitrogens with zero attached hydrogens (tertiary/aromatic N) is 1. The van der Waals surface area contributed by atoms with Crippen LogP contribution in [0.3, 0.4) is 0 Å². The Morgan fingerprint density at radius 1 is 1.09 bits per heavy atom. The number of carboxylic acid groups (broad SMARTS) is 1. The number of rotatable bonds is 9. The second-order valence-electron chi connectivity index (χ2n) is 6.16. The van der Waals surface area contributed by atoms with Crippen LogP contribution in [0.1, 0.15) is 91.4 Å². The molecular formula is C19H37NO2. The first-order valence-electron chi connectivity index (χ1n) is 9.25. The number of hydrogen-bond acceptors (Lipinski definition) is 2. The number of carbonyl (C=O) groups is 1. The fraction of sp³-hybridized carbons (Fsp3) is 0.842. The zero-order chi connectivity index (χ0) is 16.6. The van der Waals surface area contributed by atoms with E-state index in [-0.39, 0.29) is 0 Å². The van der Waals surface area contributed by atoms with Crippen molar-refractivity contribution in [3.8, 4) is 0 Å². The van der Waals surface area contributed by atoms with Gasteiger partial charge in [0.25, 0.3) is 5.97 Å². The van der Waals surface area contributed by atoms with Gasteiger partial charge in [-0.2, -0.15) is 0 Å². The standard InChI is InChI=1S/C17H33N.C2H4O2/c1-3-5-6-7-8-9-10-11-14-17-15-12-13-16-18(17)4-2;1-2(3)4/h14H,3-13,15-16H2,1-2H3;1H3,(H,3,4). The first-order valence-corrected chi connectivity index (χ1v) is 9.25. The number of unbranched alkanes of at least 4 members (excludes halogenated alkanes) is 7. The molecule has 1 N–H and O–H groups in total. The van der Waals surface area contributed by atoms with Crippen molar-refractivity contribution in [1.29, 1.82) is 0 Å². The highest BCUT2D eigenvalue weighted by atomic mass is 16.4. The van der Waals surface area contributed by atoms with Crippen LogP contribution in [0, 0.1) is 0 Å². The molecule has 1 rings (SSSR count). The topological polar surface area (TPSA) is 40.5 Å². The molecule has 0 aromatic carbocycles. The highest BCUT2D eigenvalue weighted by Gasteiger charge is 2.11. The van der Waals surface area contributed by atoms with Crippen LogP contribution in [0.25, 0.3) is 0 Å². The third kappa shape index (κ3) is 12.7. The first-order chi connectivity index (χ1) is 10.6. The number of likely N-dealkylation sites (tertiary alicyclic amines) is 1. The molecule has 3 nitrogen and oxygen atoms in total. The van der Waals surface area contributed by atoms with Gasteiger partial charge in [-0.1, -0.05) is 51.5 Å². The summed E-state index contributed by atoms with van der Waals surface area (Å²) in [6.07, 6.45) is 17.9. The molecule has 0 spiro atoms. The maximum atomic E-state index is 9.00. The van der Waals surface area contributed by atoms with Crippen LogP contribution in [-0.4, -0.2) is 29.1 Å². The zero-order valence-electron chi connectivity index (χ0n) is 15.1. The van der Waals surface area contributed by atoms with Crippen LogP contribution in [0.4, 0.5) is 0 Å². The van der Waals surface area contributed by atoms with Crippen molar-refractivity contribution in [2.75, 3.05) is 13.1 Å². The predicted molar refractivity (Wildman–Crippen MR) is 95.1 cm³/mol. The largest absolute Gasteiger partial charge is 0.481 e. The highest BCUT2D eigenvalue weighted by molar-refractivity contribution is 5.62. The fourth-order valence-electron chi connectivity index (χ4n) is 2.87. The van der Waals surface area contributed by atoms with Gasteiger partial charge < -0.3 is 10.0 Å². The van der Waals surface area contributed by atoms with Gasteiger partial charge >= 0.3 is 0 Å². The van der Waals surface area contributed by atoms with Crippen LogP contribution < -0.4 is 0 Å². The Labute approximate surface area is 137 Å². The van der Waals surface area contributed by atoms with E-state index in [0.29, 0.717) is 0 Å². The van der Waals surface area contributed by atoms with Gasteiger partial charge in [-0.15, -0.1) is 0 Å². The zero-order valence-corrected chi connectivity index (χ0v) is 15.1. The van der Waals surface area contributed by atoms with Gasteiger partial charge in [0.05, 0.1) is 0 Å². The summed E-state index contributed by atoms with van der Waals surface area (Å²) in [4.78, 5) is 11.6. The minimum Gasteiger partial charge on any atom is -0.481 e. The van der Waals surface area contributed by atoms with E-state index in [1.807, 2.05) is 0 Å². The lowest BCUT2D eigenvalue weighted by molar-refractivity contribution is -0.134. The number of allylic oxidation sites excluding steroid dienone is 2. The van der Waals surface area contributed by atoms with E-state index in [4.69, 9.17) is 9.90 Å². The van der Waals surface area contributed by atoms with Gasteiger partial charge in [-0.3, -0.25) is 4.79 Å². The van der Waals surface area contributed by atoms with E-state index in [9.17, 15) is 0 Å². The molecule has 0 radical (unpaired) electrons. The van der Waals surface area contributed by atoms with Gasteiger partial charge in [0, 0.05) is 25.7 Å². The van der Waals surface area contributed by atoms with E-state index in [1.54, 1.807) is 5.70 Å². The smallest absolute Gasteiger partial charge is 0.300 e. The molecule has 1 aliphatic rings. The van der Waals surface area contributed by atoms with Crippen LogP contribution in [0.2, 0.25) is 0 Å². The molecule has 0 saturated carbocycles. The Bertz CT molecular complexity index is 296. The van der Waals surface area contributed by atoms with Crippen LogP contribution >= 0.6 is 0 Å². The molecule has 0 aromatic rings. The molecule has 1 fully saturated rings. The second-order valence-corrected chi connectivity index (χ2v) is 6.16. The van der Waals surface area contributed by atoms with Gasteiger partial charge in [0.2, 0.25) is 0 Å². The molecule has 0 aliphatic carbocycles. The summed E-state index contributed by atoms with van der Waals surface area (Å²) < 4.78 is 0. The number of aliphatic carboxylic acids is 1. The lowest BCUT2D eigenvalue weighted by atomic mass is 10.0. The number of piperidine rings is 1. The molecule has 1 saturated heterocycles. The molecule has 130 valence electrons. The van der Waals surface area contributed by atoms with Crippen molar-refractivity contribution in [1.82, 2.24) is 4.90 Å². The summed E-state index contributed by atoms with van der Waals surface area (Å²) in [6.45, 7) is 8.14. The van der Waals surface area contributed by atoms with Gasteiger partial charge in [0.1, 0.15) is 0 Å². The van der Waals surface area contributed by atoms with Crippen molar-refractivity contribution in [2.45, 2.75) is 91.4 Å². The lowest BCUT2D eigenvalue weighted by Gasteiger charge is -2.30. The molecule has 3 heteroatoms. The van der Waals surface area contributed by atoms with Crippen molar-refractivity contribution in [3.63, 3.8) is 0 Å². The Balaban J connectivity index is 0.000000980. The minimum atomic E-state index is -0.833. The SMILES string of the molecule is CC(=O)O.CCCCCCCCCC=C1CCCCN1CC. The van der Waals surface area contributed by atoms with Gasteiger partial charge in [-0.05, 0) is 39.0 Å². The third-order valence-electron chi connectivity index (χ3n) is 4.09. The van der Waals surface area contributed by atoms with Crippen molar-refractivity contribution < 1.29 is 9.90 Å². The van der Waals surface area contributed by atoms with E-state index >= 15 is 0 Å². The molecular weight excluding hydrogens is 274 g/mol. The van der Waals surface area contributed by atoms with E-state index in [0.717, 1.165) is 6.92 Å². The monoisotopic (exact) mass is 311 g/mol. The van der Waals surface area contributed by atoms with E-state index in [1.165, 1.54) is 83.7 Å². The minimum absolute atomic E-state index is 0.833. The molecule has 0 bridgehead atoms. The number of carboxylic acids is 1. The van der Waals surface area contributed by atoms with Gasteiger partial charge in [-0.25, -0.2) is 0 Å². The Kier molecular flexibility index (Phi) is 14.3. The summed E-state index contributed by atoms with van der Waals surface area (Å²) in [7, 11) is 0. The average molecular weight is 312 g/mol. The second kappa shape index (κ2) is 14.9. The molecule has 0 amide bonds. The normalized spacial score (nSPS) is 16.3. The summed E-state index contributed by atoms with van der Waals surface area (Å²) in [5, 5.41) is 7.42. The first kappa shape index (κ1) is 21.0. The third-order valence-corrected chi connectivity index (χ3v) is 4.09. The Morgan fingerprint density at radius 3 is 2.27 bits per heavy atom. The molecule has 0 atom stereocenters. The van der Waals surface area contributed by atoms with Gasteiger partial charge in [0.15, 0.2) is 0 Å². The summed E-state index contributed by atoms with van der Waals surface area (Å²) >= 11 is 0. The molecule has 1 heterocycles. The number of hydrogen-bond donors (Lipinski definition) is 1. The van der Waals surface area contributed by atoms with Crippen LogP contribution in [0.5, 0.6) is 0 Å². The van der Waals surface area contributed by atoms with Crippen molar-refractivity contribution >= 4 is 5.97 Å². The Hall–Kier alpha value is -0.990. The van der Waals surface area contributed by atoms with E-state index < -0.39 is 5.97 Å². The van der Waals surface area contributed by atoms with E-state index in [2.05, 4.69) is 24.8 Å². The summed E-state index contributed by atoms with van der Waals surface area (Å²) in [6, 6.07) is 0. The molecule has 0 unspecified atom stereocenters. The van der Waals surface area contributed by atoms with Crippen LogP contribution in [0.15, 0.2) is 11.8 Å². The highest BCUT2D eigenvalue weighted by Crippen LogP contribution is 2.21. The Morgan fingerprint density at radius 2 is 1.68 bits per heavy atom. The quantitative estimate of drug-likeness (QED) is 0.563.